The average molecular weight is 399 g/mol. The first-order valence-corrected chi connectivity index (χ1v) is 11.4. The fraction of sp³-hybridized carbons (Fsp3) is 0.773. The summed E-state index contributed by atoms with van der Waals surface area (Å²) in [6, 6.07) is 0. The third-order valence-electron chi connectivity index (χ3n) is 5.13. The molecule has 0 aliphatic heterocycles. The zero-order valence-corrected chi connectivity index (χ0v) is 20.1. The highest BCUT2D eigenvalue weighted by atomic mass is 28.2. The van der Waals surface area contributed by atoms with E-state index in [1.54, 1.807) is 6.08 Å². The van der Waals surface area contributed by atoms with Crippen molar-refractivity contribution >= 4 is 16.5 Å². The van der Waals surface area contributed by atoms with Crippen LogP contribution in [0.1, 0.15) is 84.0 Å². The molecule has 0 rings (SSSR count). The van der Waals surface area contributed by atoms with Crippen LogP contribution in [-0.2, 0) is 18.7 Å². The minimum absolute atomic E-state index is 0.211. The van der Waals surface area contributed by atoms with Crippen molar-refractivity contribution in [1.29, 1.82) is 0 Å². The number of carbonyl (C=O) groups is 1. The second-order valence-electron chi connectivity index (χ2n) is 7.08. The van der Waals surface area contributed by atoms with Crippen molar-refractivity contribution in [3.63, 3.8) is 0 Å². The molecule has 0 bridgehead atoms. The maximum Gasteiger partial charge on any atom is 0.353 e. The summed E-state index contributed by atoms with van der Waals surface area (Å²) in [6.07, 6.45) is 20.9. The van der Waals surface area contributed by atoms with Crippen LogP contribution in [0.2, 0.25) is 0 Å². The van der Waals surface area contributed by atoms with E-state index in [0.717, 1.165) is 32.1 Å². The number of hydrogen-bond acceptors (Lipinski definition) is 4. The summed E-state index contributed by atoms with van der Waals surface area (Å²) in [7, 11) is 3.28. The van der Waals surface area contributed by atoms with E-state index in [2.05, 4.69) is 25.7 Å². The van der Waals surface area contributed by atoms with Crippen molar-refractivity contribution in [2.24, 2.45) is 5.92 Å². The number of methoxy groups -OCH3 is 2. The summed E-state index contributed by atoms with van der Waals surface area (Å²) in [5, 5.41) is 0. The van der Waals surface area contributed by atoms with Crippen LogP contribution in [0.5, 0.6) is 0 Å². The van der Waals surface area contributed by atoms with Gasteiger partial charge in [0.1, 0.15) is 0 Å². The Balaban J connectivity index is 3.96. The number of unbranched alkanes of at least 4 members (excludes halogenated alkanes) is 9. The number of rotatable bonds is 18. The summed E-state index contributed by atoms with van der Waals surface area (Å²) in [5.41, 5.74) is 0. The monoisotopic (exact) mass is 398 g/mol. The molecule has 4 nitrogen and oxygen atoms in total. The predicted octanol–water partition coefficient (Wildman–Crippen LogP) is 4.86. The van der Waals surface area contributed by atoms with Crippen LogP contribution in [0.3, 0.4) is 0 Å². The number of carbonyl (C=O) groups excluding carboxylic acids is 1. The highest BCUT2D eigenvalue weighted by Crippen LogP contribution is 2.30. The van der Waals surface area contributed by atoms with Gasteiger partial charge in [-0.1, -0.05) is 70.1 Å². The standard InChI is InChI=1S/C22H42O4Si/c1-5-7-8-9-10-11-12-13-14-15-16-17-18-19-20(6-2)22(24-3,25-4)21(23)26-27/h6,13-14,20H,2,5,7-12,15-19H2,1,3-4,27H3. The Morgan fingerprint density at radius 3 is 1.96 bits per heavy atom. The Morgan fingerprint density at radius 1 is 0.963 bits per heavy atom. The lowest BCUT2D eigenvalue weighted by Crippen LogP contribution is -2.49. The smallest absolute Gasteiger partial charge is 0.353 e. The predicted molar refractivity (Wildman–Crippen MR) is 117 cm³/mol. The second kappa shape index (κ2) is 17.2. The Kier molecular flexibility index (Phi) is 16.6. The molecule has 0 radical (unpaired) electrons. The van der Waals surface area contributed by atoms with Crippen LogP contribution in [0, 0.1) is 5.92 Å². The van der Waals surface area contributed by atoms with Crippen LogP contribution in [-0.4, -0.2) is 36.5 Å². The third kappa shape index (κ3) is 10.3. The molecule has 0 N–H and O–H groups in total. The van der Waals surface area contributed by atoms with Gasteiger partial charge in [0.2, 0.25) is 10.5 Å². The lowest BCUT2D eigenvalue weighted by atomic mass is 9.91. The molecular weight excluding hydrogens is 356 g/mol. The fourth-order valence-corrected chi connectivity index (χ4v) is 3.68. The second-order valence-corrected chi connectivity index (χ2v) is 7.48. The molecule has 0 aromatic rings. The van der Waals surface area contributed by atoms with Crippen LogP contribution in [0.4, 0.5) is 0 Å². The fourth-order valence-electron chi connectivity index (χ4n) is 3.39. The van der Waals surface area contributed by atoms with E-state index in [4.69, 9.17) is 13.9 Å². The summed E-state index contributed by atoms with van der Waals surface area (Å²) in [4.78, 5) is 12.1. The maximum atomic E-state index is 12.1. The molecule has 1 unspecified atom stereocenters. The quantitative estimate of drug-likeness (QED) is 0.143. The lowest BCUT2D eigenvalue weighted by molar-refractivity contribution is -0.238. The van der Waals surface area contributed by atoms with E-state index < -0.39 is 11.8 Å². The van der Waals surface area contributed by atoms with Gasteiger partial charge in [0.05, 0.1) is 0 Å². The first-order chi connectivity index (χ1) is 13.1. The molecule has 0 aromatic heterocycles. The van der Waals surface area contributed by atoms with Gasteiger partial charge in [-0.05, 0) is 32.1 Å². The SMILES string of the molecule is C=CC(CCCCCC=CCCCCCCCC)C(OC)(OC)C(=O)O[SiH3]. The molecule has 158 valence electrons. The zero-order valence-electron chi connectivity index (χ0n) is 18.1. The molecule has 0 aromatic carbocycles. The maximum absolute atomic E-state index is 12.1. The number of hydrogen-bond donors (Lipinski definition) is 0. The van der Waals surface area contributed by atoms with Gasteiger partial charge >= 0.3 is 5.97 Å². The van der Waals surface area contributed by atoms with E-state index in [-0.39, 0.29) is 5.92 Å². The molecule has 0 saturated heterocycles. The number of ether oxygens (including phenoxy) is 2. The molecule has 1 atom stereocenters. The lowest BCUT2D eigenvalue weighted by Gasteiger charge is -2.34. The van der Waals surface area contributed by atoms with Crippen LogP contribution >= 0.6 is 0 Å². The van der Waals surface area contributed by atoms with Crippen molar-refractivity contribution < 1.29 is 18.7 Å². The van der Waals surface area contributed by atoms with Gasteiger partial charge in [-0.2, -0.15) is 0 Å². The molecule has 0 aliphatic rings. The van der Waals surface area contributed by atoms with Crippen molar-refractivity contribution in [1.82, 2.24) is 0 Å². The van der Waals surface area contributed by atoms with Crippen LogP contribution < -0.4 is 0 Å². The zero-order chi connectivity index (χ0) is 20.4. The van der Waals surface area contributed by atoms with Gasteiger partial charge in [-0.15, -0.1) is 6.58 Å². The van der Waals surface area contributed by atoms with Crippen LogP contribution in [0.15, 0.2) is 24.8 Å². The molecule has 27 heavy (non-hydrogen) atoms. The molecular formula is C22H42O4Si. The summed E-state index contributed by atoms with van der Waals surface area (Å²) < 4.78 is 15.8. The molecule has 0 aliphatic carbocycles. The van der Waals surface area contributed by atoms with E-state index >= 15 is 0 Å². The third-order valence-corrected chi connectivity index (χ3v) is 5.50. The van der Waals surface area contributed by atoms with Crippen molar-refractivity contribution in [3.05, 3.63) is 24.8 Å². The molecule has 0 amide bonds. The average Bonchev–Trinajstić information content (AvgIpc) is 2.70. The molecule has 0 heterocycles. The summed E-state index contributed by atoms with van der Waals surface area (Å²) in [6.45, 7) is 6.11. The Bertz CT molecular complexity index is 405. The number of allylic oxidation sites excluding steroid dienone is 2. The largest absolute Gasteiger partial charge is 0.525 e. The van der Waals surface area contributed by atoms with Crippen molar-refractivity contribution in [2.45, 2.75) is 89.8 Å². The van der Waals surface area contributed by atoms with Crippen molar-refractivity contribution in [2.75, 3.05) is 14.2 Å². The summed E-state index contributed by atoms with van der Waals surface area (Å²) >= 11 is 0. The van der Waals surface area contributed by atoms with E-state index in [9.17, 15) is 4.79 Å². The minimum atomic E-state index is -1.36. The van der Waals surface area contributed by atoms with Gasteiger partial charge in [-0.25, -0.2) is 4.79 Å². The van der Waals surface area contributed by atoms with Gasteiger partial charge in [-0.3, -0.25) is 0 Å². The first kappa shape index (κ1) is 26.1. The van der Waals surface area contributed by atoms with E-state index in [1.807, 2.05) is 0 Å². The Labute approximate surface area is 170 Å². The Hall–Kier alpha value is -0.913. The highest BCUT2D eigenvalue weighted by molar-refractivity contribution is 6.06. The van der Waals surface area contributed by atoms with Gasteiger partial charge in [0.25, 0.3) is 5.79 Å². The van der Waals surface area contributed by atoms with E-state index in [1.165, 1.54) is 59.2 Å². The van der Waals surface area contributed by atoms with Crippen molar-refractivity contribution in [3.8, 4) is 0 Å². The topological polar surface area (TPSA) is 44.8 Å². The van der Waals surface area contributed by atoms with E-state index in [0.29, 0.717) is 10.5 Å². The minimum Gasteiger partial charge on any atom is -0.525 e. The first-order valence-electron chi connectivity index (χ1n) is 10.6. The normalized spacial score (nSPS) is 13.1. The molecule has 0 spiro atoms. The highest BCUT2D eigenvalue weighted by Gasteiger charge is 2.46. The van der Waals surface area contributed by atoms with Gasteiger partial charge < -0.3 is 13.9 Å². The Morgan fingerprint density at radius 2 is 1.48 bits per heavy atom. The molecule has 0 saturated carbocycles. The van der Waals surface area contributed by atoms with Gasteiger partial charge in [0, 0.05) is 20.1 Å². The molecule has 0 fully saturated rings. The van der Waals surface area contributed by atoms with Gasteiger partial charge in [0.15, 0.2) is 0 Å². The summed E-state index contributed by atoms with van der Waals surface area (Å²) in [5.74, 6) is -2.03. The molecule has 5 heteroatoms. The van der Waals surface area contributed by atoms with Crippen LogP contribution in [0.25, 0.3) is 0 Å².